The Balaban J connectivity index is 2.99. The minimum absolute atomic E-state index is 0.284. The van der Waals surface area contributed by atoms with E-state index in [2.05, 4.69) is 4.98 Å². The predicted molar refractivity (Wildman–Crippen MR) is 54.8 cm³/mol. The van der Waals surface area contributed by atoms with Gasteiger partial charge in [-0.2, -0.15) is 8.42 Å². The normalized spacial score (nSPS) is 11.9. The van der Waals surface area contributed by atoms with Crippen molar-refractivity contribution < 1.29 is 12.3 Å². The van der Waals surface area contributed by atoms with Crippen LogP contribution in [0.1, 0.15) is 5.56 Å². The number of benzene rings is 1. The molecular formula is C10H8FNO2S. The number of hydrogen-bond donors (Lipinski definition) is 0. The largest absolute Gasteiger partial charge is 0.333 e. The van der Waals surface area contributed by atoms with E-state index in [-0.39, 0.29) is 4.90 Å². The van der Waals surface area contributed by atoms with Gasteiger partial charge in [-0.25, -0.2) is 0 Å². The third-order valence-corrected chi connectivity index (χ3v) is 3.18. The van der Waals surface area contributed by atoms with E-state index in [0.717, 1.165) is 0 Å². The number of hydrogen-bond acceptors (Lipinski definition) is 3. The summed E-state index contributed by atoms with van der Waals surface area (Å²) in [5, 5.41) is 0.319. The molecule has 3 nitrogen and oxygen atoms in total. The molecule has 1 aromatic carbocycles. The van der Waals surface area contributed by atoms with Crippen LogP contribution >= 0.6 is 0 Å². The monoisotopic (exact) mass is 225 g/mol. The van der Waals surface area contributed by atoms with E-state index < -0.39 is 10.2 Å². The molecule has 0 spiro atoms. The van der Waals surface area contributed by atoms with E-state index in [1.165, 1.54) is 13.1 Å². The molecule has 2 aromatic rings. The van der Waals surface area contributed by atoms with Gasteiger partial charge < -0.3 is 0 Å². The highest BCUT2D eigenvalue weighted by molar-refractivity contribution is 7.86. The second-order valence-electron chi connectivity index (χ2n) is 3.23. The lowest BCUT2D eigenvalue weighted by Gasteiger charge is -2.04. The van der Waals surface area contributed by atoms with Gasteiger partial charge in [0.15, 0.2) is 0 Å². The summed E-state index contributed by atoms with van der Waals surface area (Å²) in [7, 11) is -4.70. The molecule has 0 aliphatic carbocycles. The summed E-state index contributed by atoms with van der Waals surface area (Å²) < 4.78 is 35.0. The number of nitrogens with zero attached hydrogens (tertiary/aromatic N) is 1. The van der Waals surface area contributed by atoms with Crippen LogP contribution in [-0.2, 0) is 10.2 Å². The molecule has 0 N–H and O–H groups in total. The summed E-state index contributed by atoms with van der Waals surface area (Å²) in [6, 6.07) is 6.56. The van der Waals surface area contributed by atoms with E-state index in [4.69, 9.17) is 0 Å². The highest BCUT2D eigenvalue weighted by Gasteiger charge is 2.19. The average molecular weight is 225 g/mol. The number of aryl methyl sites for hydroxylation is 1. The maximum absolute atomic E-state index is 13.1. The molecule has 0 bridgehead atoms. The smallest absolute Gasteiger partial charge is 0.256 e. The fraction of sp³-hybridized carbons (Fsp3) is 0.100. The number of rotatable bonds is 1. The maximum Gasteiger partial charge on any atom is 0.333 e. The SMILES string of the molecule is Cc1cnc2ccccc2c1S(=O)(=O)F. The molecule has 0 aliphatic rings. The van der Waals surface area contributed by atoms with Crippen LogP contribution in [0.5, 0.6) is 0 Å². The van der Waals surface area contributed by atoms with E-state index in [0.29, 0.717) is 16.5 Å². The summed E-state index contributed by atoms with van der Waals surface area (Å²) in [4.78, 5) is 3.74. The van der Waals surface area contributed by atoms with Gasteiger partial charge in [0.2, 0.25) is 0 Å². The number of pyridine rings is 1. The van der Waals surface area contributed by atoms with Gasteiger partial charge in [0.05, 0.1) is 5.52 Å². The van der Waals surface area contributed by atoms with Gasteiger partial charge in [0, 0.05) is 11.6 Å². The van der Waals surface area contributed by atoms with Crippen LogP contribution in [0.4, 0.5) is 3.89 Å². The average Bonchev–Trinajstić information content (AvgIpc) is 2.15. The molecule has 1 aromatic heterocycles. The molecule has 0 radical (unpaired) electrons. The molecule has 5 heteroatoms. The Bertz CT molecular complexity index is 622. The first-order valence-corrected chi connectivity index (χ1v) is 5.67. The summed E-state index contributed by atoms with van der Waals surface area (Å²) in [6.45, 7) is 1.52. The highest BCUT2D eigenvalue weighted by Crippen LogP contribution is 2.25. The van der Waals surface area contributed by atoms with Crippen molar-refractivity contribution in [3.63, 3.8) is 0 Å². The maximum atomic E-state index is 13.1. The van der Waals surface area contributed by atoms with Crippen molar-refractivity contribution in [1.29, 1.82) is 0 Å². The molecule has 0 amide bonds. The standard InChI is InChI=1S/C10H8FNO2S/c1-7-6-12-9-5-3-2-4-8(9)10(7)15(11,13)14/h2-6H,1H3. The number of aromatic nitrogens is 1. The molecule has 1 heterocycles. The lowest BCUT2D eigenvalue weighted by atomic mass is 10.2. The van der Waals surface area contributed by atoms with Crippen LogP contribution in [0, 0.1) is 6.92 Å². The first-order valence-electron chi connectivity index (χ1n) is 4.29. The lowest BCUT2D eigenvalue weighted by Crippen LogP contribution is -1.98. The summed E-state index contributed by atoms with van der Waals surface area (Å²) in [6.07, 6.45) is 1.36. The number of halogens is 1. The van der Waals surface area contributed by atoms with E-state index in [1.54, 1.807) is 24.3 Å². The molecular weight excluding hydrogens is 217 g/mol. The van der Waals surface area contributed by atoms with Crippen molar-refractivity contribution >= 4 is 21.1 Å². The van der Waals surface area contributed by atoms with Crippen LogP contribution < -0.4 is 0 Å². The Hall–Kier alpha value is -1.49. The summed E-state index contributed by atoms with van der Waals surface area (Å²) >= 11 is 0. The minimum atomic E-state index is -4.70. The zero-order valence-corrected chi connectivity index (χ0v) is 8.75. The minimum Gasteiger partial charge on any atom is -0.256 e. The topological polar surface area (TPSA) is 47.0 Å². The van der Waals surface area contributed by atoms with Gasteiger partial charge >= 0.3 is 10.2 Å². The summed E-state index contributed by atoms with van der Waals surface area (Å²) in [5.74, 6) is 0. The van der Waals surface area contributed by atoms with E-state index in [1.807, 2.05) is 0 Å². The Labute approximate surface area is 86.8 Å². The lowest BCUT2D eigenvalue weighted by molar-refractivity contribution is 0.552. The van der Waals surface area contributed by atoms with Gasteiger partial charge in [-0.3, -0.25) is 4.98 Å². The summed E-state index contributed by atoms with van der Waals surface area (Å²) in [5.41, 5.74) is 0.788. The molecule has 2 rings (SSSR count). The van der Waals surface area contributed by atoms with Gasteiger partial charge in [-0.15, -0.1) is 3.89 Å². The Morgan fingerprint density at radius 3 is 2.60 bits per heavy atom. The molecule has 78 valence electrons. The first-order chi connectivity index (χ1) is 7.00. The van der Waals surface area contributed by atoms with Crippen LogP contribution in [0.3, 0.4) is 0 Å². The fourth-order valence-electron chi connectivity index (χ4n) is 1.54. The predicted octanol–water partition coefficient (Wildman–Crippen LogP) is 2.20. The van der Waals surface area contributed by atoms with E-state index in [9.17, 15) is 12.3 Å². The van der Waals surface area contributed by atoms with Crippen LogP contribution in [0.2, 0.25) is 0 Å². The van der Waals surface area contributed by atoms with Crippen LogP contribution in [0.15, 0.2) is 35.4 Å². The quantitative estimate of drug-likeness (QED) is 0.699. The second-order valence-corrected chi connectivity index (χ2v) is 4.51. The highest BCUT2D eigenvalue weighted by atomic mass is 32.3. The van der Waals surface area contributed by atoms with Crippen LogP contribution in [0.25, 0.3) is 10.9 Å². The molecule has 0 saturated heterocycles. The van der Waals surface area contributed by atoms with Gasteiger partial charge in [0.1, 0.15) is 4.90 Å². The van der Waals surface area contributed by atoms with Gasteiger partial charge in [-0.1, -0.05) is 18.2 Å². The Morgan fingerprint density at radius 2 is 1.93 bits per heavy atom. The van der Waals surface area contributed by atoms with Gasteiger partial charge in [0.25, 0.3) is 0 Å². The first kappa shape index (κ1) is 10.0. The van der Waals surface area contributed by atoms with E-state index >= 15 is 0 Å². The Kier molecular flexibility index (Phi) is 2.19. The van der Waals surface area contributed by atoms with Gasteiger partial charge in [-0.05, 0) is 18.6 Å². The van der Waals surface area contributed by atoms with Crippen LogP contribution in [-0.4, -0.2) is 13.4 Å². The van der Waals surface area contributed by atoms with Crippen molar-refractivity contribution in [2.24, 2.45) is 0 Å². The van der Waals surface area contributed by atoms with Crippen molar-refractivity contribution in [1.82, 2.24) is 4.98 Å². The van der Waals surface area contributed by atoms with Crippen molar-refractivity contribution in [2.75, 3.05) is 0 Å². The molecule has 0 fully saturated rings. The molecule has 0 saturated carbocycles. The number of fused-ring (bicyclic) bond motifs is 1. The molecule has 0 unspecified atom stereocenters. The second kappa shape index (κ2) is 3.27. The van der Waals surface area contributed by atoms with Crippen molar-refractivity contribution in [2.45, 2.75) is 11.8 Å². The zero-order valence-electron chi connectivity index (χ0n) is 7.94. The van der Waals surface area contributed by atoms with Crippen molar-refractivity contribution in [3.8, 4) is 0 Å². The zero-order chi connectivity index (χ0) is 11.1. The Morgan fingerprint density at radius 1 is 1.27 bits per heavy atom. The molecule has 0 atom stereocenters. The fourth-order valence-corrected chi connectivity index (χ4v) is 2.41. The third-order valence-electron chi connectivity index (χ3n) is 2.15. The third kappa shape index (κ3) is 1.70. The number of para-hydroxylation sites is 1. The van der Waals surface area contributed by atoms with Crippen molar-refractivity contribution in [3.05, 3.63) is 36.0 Å². The molecule has 0 aliphatic heterocycles. The molecule has 15 heavy (non-hydrogen) atoms.